The lowest BCUT2D eigenvalue weighted by Crippen LogP contribution is -2.41. The van der Waals surface area contributed by atoms with E-state index in [2.05, 4.69) is 51.0 Å². The molecule has 0 bridgehead atoms. The third-order valence-corrected chi connectivity index (χ3v) is 5.05. The lowest BCUT2D eigenvalue weighted by molar-refractivity contribution is 0.00578. The van der Waals surface area contributed by atoms with Crippen LogP contribution in [0.25, 0.3) is 10.9 Å². The van der Waals surface area contributed by atoms with Crippen LogP contribution in [0.5, 0.6) is 0 Å². The summed E-state index contributed by atoms with van der Waals surface area (Å²) in [7, 11) is 1.58. The zero-order chi connectivity index (χ0) is 16.8. The van der Waals surface area contributed by atoms with Crippen molar-refractivity contribution in [3.63, 3.8) is 0 Å². The summed E-state index contributed by atoms with van der Waals surface area (Å²) < 4.78 is 14.1. The predicted octanol–water partition coefficient (Wildman–Crippen LogP) is 1.80. The molecule has 0 amide bonds. The minimum absolute atomic E-state index is 0.185. The summed E-state index contributed by atoms with van der Waals surface area (Å²) in [4.78, 5) is 0. The van der Waals surface area contributed by atoms with E-state index in [4.69, 9.17) is 14.4 Å². The van der Waals surface area contributed by atoms with Gasteiger partial charge in [0.05, 0.1) is 22.4 Å². The normalized spacial score (nSPS) is 19.7. The molecule has 6 heteroatoms. The van der Waals surface area contributed by atoms with Crippen molar-refractivity contribution in [2.45, 2.75) is 51.7 Å². The van der Waals surface area contributed by atoms with Crippen molar-refractivity contribution < 1.29 is 14.4 Å². The number of aromatic nitrogens is 2. The van der Waals surface area contributed by atoms with Gasteiger partial charge in [0.1, 0.15) is 0 Å². The molecule has 0 aliphatic carbocycles. The molecule has 1 aliphatic heterocycles. The minimum Gasteiger partial charge on any atom is -0.399 e. The van der Waals surface area contributed by atoms with Crippen molar-refractivity contribution >= 4 is 23.5 Å². The summed E-state index contributed by atoms with van der Waals surface area (Å²) >= 11 is 0. The maximum Gasteiger partial charge on any atom is 0.494 e. The van der Waals surface area contributed by atoms with Gasteiger partial charge in [-0.2, -0.15) is 5.10 Å². The maximum atomic E-state index is 9.02. The molecule has 1 aliphatic rings. The summed E-state index contributed by atoms with van der Waals surface area (Å²) in [5.74, 6) is 0. The molecule has 1 N–H and O–H groups in total. The Labute approximate surface area is 137 Å². The van der Waals surface area contributed by atoms with E-state index >= 15 is 0 Å². The molecule has 5 nitrogen and oxygen atoms in total. The number of aliphatic hydroxyl groups excluding tert-OH is 1. The van der Waals surface area contributed by atoms with Crippen molar-refractivity contribution in [1.29, 1.82) is 0 Å². The smallest absolute Gasteiger partial charge is 0.399 e. The molecule has 124 valence electrons. The summed E-state index contributed by atoms with van der Waals surface area (Å²) in [6, 6.07) is 6.22. The Bertz CT molecular complexity index is 708. The van der Waals surface area contributed by atoms with E-state index in [0.29, 0.717) is 0 Å². The molecule has 1 saturated heterocycles. The number of aryl methyl sites for hydroxylation is 2. The Morgan fingerprint density at radius 3 is 2.43 bits per heavy atom. The largest absolute Gasteiger partial charge is 0.494 e. The number of hydrogen-bond acceptors (Lipinski definition) is 4. The molecule has 1 aromatic carbocycles. The maximum absolute atomic E-state index is 9.02. The van der Waals surface area contributed by atoms with E-state index in [1.807, 2.05) is 11.7 Å². The average Bonchev–Trinajstić information content (AvgIpc) is 2.90. The summed E-state index contributed by atoms with van der Waals surface area (Å²) in [6.07, 6.45) is 1.51. The van der Waals surface area contributed by atoms with E-state index in [9.17, 15) is 0 Å². The van der Waals surface area contributed by atoms with Gasteiger partial charge in [-0.1, -0.05) is 12.1 Å². The van der Waals surface area contributed by atoms with Crippen molar-refractivity contribution in [2.24, 2.45) is 7.05 Å². The van der Waals surface area contributed by atoms with Gasteiger partial charge >= 0.3 is 7.12 Å². The van der Waals surface area contributed by atoms with Gasteiger partial charge in [-0.3, -0.25) is 4.68 Å². The van der Waals surface area contributed by atoms with Crippen LogP contribution in [0.2, 0.25) is 0 Å². The van der Waals surface area contributed by atoms with Gasteiger partial charge < -0.3 is 14.4 Å². The van der Waals surface area contributed by atoms with Crippen LogP contribution in [0.4, 0.5) is 0 Å². The zero-order valence-electron chi connectivity index (χ0n) is 14.6. The van der Waals surface area contributed by atoms with Gasteiger partial charge in [0.2, 0.25) is 0 Å². The Morgan fingerprint density at radius 1 is 1.17 bits per heavy atom. The monoisotopic (exact) mass is 316 g/mol. The highest BCUT2D eigenvalue weighted by atomic mass is 16.7. The third kappa shape index (κ3) is 2.79. The molecule has 0 unspecified atom stereocenters. The number of nitrogens with zero attached hydrogens (tertiary/aromatic N) is 2. The van der Waals surface area contributed by atoms with Crippen molar-refractivity contribution in [2.75, 3.05) is 6.61 Å². The SMILES string of the molecule is Cn1nc(CCCO)c2ccc(B3OC(C)(C)C(C)(C)O3)cc21. The molecule has 1 fully saturated rings. The third-order valence-electron chi connectivity index (χ3n) is 5.05. The quantitative estimate of drug-likeness (QED) is 0.874. The van der Waals surface area contributed by atoms with Crippen LogP contribution in [-0.4, -0.2) is 39.8 Å². The second kappa shape index (κ2) is 5.62. The minimum atomic E-state index is -0.361. The molecule has 0 saturated carbocycles. The molecule has 0 radical (unpaired) electrons. The first-order valence-electron chi connectivity index (χ1n) is 8.17. The molecule has 2 aromatic rings. The molecule has 2 heterocycles. The first-order chi connectivity index (χ1) is 10.7. The molecule has 3 rings (SSSR count). The second-order valence-corrected chi connectivity index (χ2v) is 7.26. The Kier molecular flexibility index (Phi) is 4.03. The second-order valence-electron chi connectivity index (χ2n) is 7.26. The predicted molar refractivity (Wildman–Crippen MR) is 91.8 cm³/mol. The zero-order valence-corrected chi connectivity index (χ0v) is 14.6. The topological polar surface area (TPSA) is 56.5 Å². The van der Waals surface area contributed by atoms with Crippen LogP contribution in [0.1, 0.15) is 39.8 Å². The van der Waals surface area contributed by atoms with Gasteiger partial charge in [-0.15, -0.1) is 0 Å². The highest BCUT2D eigenvalue weighted by Gasteiger charge is 2.51. The van der Waals surface area contributed by atoms with Crippen LogP contribution in [0.15, 0.2) is 18.2 Å². The number of rotatable bonds is 4. The summed E-state index contributed by atoms with van der Waals surface area (Å²) in [6.45, 7) is 8.42. The van der Waals surface area contributed by atoms with E-state index in [1.165, 1.54) is 0 Å². The van der Waals surface area contributed by atoms with Crippen molar-refractivity contribution in [3.05, 3.63) is 23.9 Å². The van der Waals surface area contributed by atoms with E-state index in [0.717, 1.165) is 34.9 Å². The summed E-state index contributed by atoms with van der Waals surface area (Å²) in [5.41, 5.74) is 2.41. The Morgan fingerprint density at radius 2 is 1.83 bits per heavy atom. The van der Waals surface area contributed by atoms with Crippen LogP contribution in [0, 0.1) is 0 Å². The lowest BCUT2D eigenvalue weighted by atomic mass is 9.78. The fraction of sp³-hybridized carbons (Fsp3) is 0.588. The van der Waals surface area contributed by atoms with Gasteiger partial charge in [-0.05, 0) is 52.1 Å². The molecular weight excluding hydrogens is 291 g/mol. The van der Waals surface area contributed by atoms with Gasteiger partial charge in [-0.25, -0.2) is 0 Å². The molecule has 0 spiro atoms. The van der Waals surface area contributed by atoms with Crippen LogP contribution in [0.3, 0.4) is 0 Å². The van der Waals surface area contributed by atoms with Crippen LogP contribution in [-0.2, 0) is 22.8 Å². The van der Waals surface area contributed by atoms with Gasteiger partial charge in [0, 0.05) is 19.0 Å². The van der Waals surface area contributed by atoms with E-state index in [-0.39, 0.29) is 24.9 Å². The molecule has 1 aromatic heterocycles. The molecular formula is C17H25BN2O3. The first-order valence-corrected chi connectivity index (χ1v) is 8.17. The first kappa shape index (κ1) is 16.5. The molecule has 0 atom stereocenters. The number of benzene rings is 1. The Balaban J connectivity index is 1.94. The van der Waals surface area contributed by atoms with E-state index in [1.54, 1.807) is 0 Å². The highest BCUT2D eigenvalue weighted by molar-refractivity contribution is 6.62. The lowest BCUT2D eigenvalue weighted by Gasteiger charge is -2.32. The Hall–Kier alpha value is -1.37. The van der Waals surface area contributed by atoms with E-state index < -0.39 is 0 Å². The van der Waals surface area contributed by atoms with Gasteiger partial charge in [0.15, 0.2) is 0 Å². The van der Waals surface area contributed by atoms with Crippen LogP contribution >= 0.6 is 0 Å². The van der Waals surface area contributed by atoms with Gasteiger partial charge in [0.25, 0.3) is 0 Å². The molecule has 23 heavy (non-hydrogen) atoms. The highest BCUT2D eigenvalue weighted by Crippen LogP contribution is 2.36. The standard InChI is InChI=1S/C17H25BN2O3/c1-16(2)17(3,4)23-18(22-16)12-8-9-13-14(7-6-10-21)19-20(5)15(13)11-12/h8-9,11,21H,6-7,10H2,1-5H3. The number of hydrogen-bond donors (Lipinski definition) is 1. The average molecular weight is 316 g/mol. The van der Waals surface area contributed by atoms with Crippen molar-refractivity contribution in [1.82, 2.24) is 9.78 Å². The fourth-order valence-corrected chi connectivity index (χ4v) is 2.91. The fourth-order valence-electron chi connectivity index (χ4n) is 2.91. The van der Waals surface area contributed by atoms with Crippen LogP contribution < -0.4 is 5.46 Å². The number of fused-ring (bicyclic) bond motifs is 1. The summed E-state index contributed by atoms with van der Waals surface area (Å²) in [5, 5.41) is 14.7. The van der Waals surface area contributed by atoms with Crippen molar-refractivity contribution in [3.8, 4) is 0 Å². The number of aliphatic hydroxyl groups is 1.